The van der Waals surface area contributed by atoms with Crippen LogP contribution in [0.1, 0.15) is 60.8 Å². The molecule has 5 unspecified atom stereocenters. The smallest absolute Gasteiger partial charge is 0.123 e. The SMILES string of the molecule is c1ccc([C@@]23O[C@@](c4ccccc4)(C4C2[C@H]2CC[C@@H]4C2)C2(c4ccccc43)C3C2[C@H]2CC[C@@H]3C2)cc1. The van der Waals surface area contributed by atoms with Gasteiger partial charge in [-0.15, -0.1) is 0 Å². The fraction of sp³-hybridized carbons (Fsp3) is 0.486. The van der Waals surface area contributed by atoms with E-state index in [0.717, 1.165) is 35.5 Å². The second-order valence-electron chi connectivity index (χ2n) is 13.5. The van der Waals surface area contributed by atoms with Crippen molar-refractivity contribution in [2.24, 2.45) is 47.3 Å². The van der Waals surface area contributed by atoms with Gasteiger partial charge >= 0.3 is 0 Å². The van der Waals surface area contributed by atoms with Crippen LogP contribution in [-0.2, 0) is 21.4 Å². The third-order valence-corrected chi connectivity index (χ3v) is 12.8. The first kappa shape index (κ1) is 19.7. The summed E-state index contributed by atoms with van der Waals surface area (Å²) in [6, 6.07) is 32.9. The van der Waals surface area contributed by atoms with Gasteiger partial charge in [0.1, 0.15) is 11.2 Å². The number of ether oxygens (including phenoxy) is 1. The van der Waals surface area contributed by atoms with Crippen LogP contribution in [0.5, 0.6) is 0 Å². The van der Waals surface area contributed by atoms with E-state index in [2.05, 4.69) is 84.9 Å². The molecule has 36 heavy (non-hydrogen) atoms. The lowest BCUT2D eigenvalue weighted by Crippen LogP contribution is -2.54. The van der Waals surface area contributed by atoms with Crippen LogP contribution in [0.3, 0.4) is 0 Å². The molecule has 10 rings (SSSR count). The highest BCUT2D eigenvalue weighted by Crippen LogP contribution is 2.89. The average Bonchev–Trinajstić information content (AvgIpc) is 3.56. The van der Waals surface area contributed by atoms with E-state index in [4.69, 9.17) is 4.74 Å². The van der Waals surface area contributed by atoms with Crippen LogP contribution in [0.4, 0.5) is 0 Å². The van der Waals surface area contributed by atoms with Crippen molar-refractivity contribution in [3.05, 3.63) is 107 Å². The molecule has 0 radical (unpaired) electrons. The normalized spacial score (nSPS) is 49.8. The number of hydrogen-bond donors (Lipinski definition) is 0. The van der Waals surface area contributed by atoms with Gasteiger partial charge in [-0.05, 0) is 96.3 Å². The van der Waals surface area contributed by atoms with Gasteiger partial charge in [0.25, 0.3) is 0 Å². The minimum absolute atomic E-state index is 0.164. The van der Waals surface area contributed by atoms with E-state index >= 15 is 0 Å². The molecule has 6 bridgehead atoms. The summed E-state index contributed by atoms with van der Waals surface area (Å²) in [6.45, 7) is 0. The molecule has 7 aliphatic rings. The van der Waals surface area contributed by atoms with Crippen molar-refractivity contribution in [2.75, 3.05) is 0 Å². The van der Waals surface area contributed by atoms with E-state index < -0.39 is 0 Å². The Labute approximate surface area is 214 Å². The predicted octanol–water partition coefficient (Wildman–Crippen LogP) is 7.45. The maximum atomic E-state index is 8.16. The molecule has 11 atom stereocenters. The van der Waals surface area contributed by atoms with Crippen LogP contribution in [0.2, 0.25) is 0 Å². The molecule has 1 heterocycles. The summed E-state index contributed by atoms with van der Waals surface area (Å²) in [7, 11) is 0. The van der Waals surface area contributed by atoms with Gasteiger partial charge in [-0.2, -0.15) is 0 Å². The molecule has 3 aromatic carbocycles. The number of rotatable bonds is 2. The van der Waals surface area contributed by atoms with Crippen molar-refractivity contribution >= 4 is 0 Å². The summed E-state index contributed by atoms with van der Waals surface area (Å²) in [5.74, 6) is 6.21. The van der Waals surface area contributed by atoms with E-state index in [-0.39, 0.29) is 16.6 Å². The van der Waals surface area contributed by atoms with Crippen LogP contribution in [-0.4, -0.2) is 0 Å². The third kappa shape index (κ3) is 1.82. The summed E-state index contributed by atoms with van der Waals surface area (Å²) in [4.78, 5) is 0. The van der Waals surface area contributed by atoms with Crippen molar-refractivity contribution in [1.82, 2.24) is 0 Å². The van der Waals surface area contributed by atoms with Crippen LogP contribution in [0.15, 0.2) is 84.9 Å². The van der Waals surface area contributed by atoms with Crippen LogP contribution in [0, 0.1) is 47.3 Å². The molecule has 1 spiro atoms. The Kier molecular flexibility index (Phi) is 3.38. The van der Waals surface area contributed by atoms with Crippen molar-refractivity contribution in [2.45, 2.75) is 55.1 Å². The van der Waals surface area contributed by atoms with Crippen molar-refractivity contribution in [1.29, 1.82) is 0 Å². The summed E-state index contributed by atoms with van der Waals surface area (Å²) < 4.78 is 8.16. The summed E-state index contributed by atoms with van der Waals surface area (Å²) in [5.41, 5.74) is 5.77. The van der Waals surface area contributed by atoms with Gasteiger partial charge in [0.2, 0.25) is 0 Å². The van der Waals surface area contributed by atoms with E-state index in [1.807, 2.05) is 0 Å². The van der Waals surface area contributed by atoms with Gasteiger partial charge < -0.3 is 4.74 Å². The molecular weight excluding hydrogens is 436 g/mol. The van der Waals surface area contributed by atoms with Crippen molar-refractivity contribution in [3.8, 4) is 0 Å². The largest absolute Gasteiger partial charge is 0.353 e. The molecule has 0 amide bonds. The standard InChI is InChI=1S/C35H34O/c1-3-9-25(10-4-1)34-28-14-8-7-13-27(28)33(29-21-15-16-22(19-21)30(29)33)35(36-34,26-11-5-2-6-12-26)32-24-18-17-23(20-24)31(32)34/h1-14,21-24,29-32H,15-20H2/t21-,22+,23-,24+,29?,30?,31?,32?,33?,34-,35-/m0/s1. The quantitative estimate of drug-likeness (QED) is 0.378. The Morgan fingerprint density at radius 1 is 0.500 bits per heavy atom. The Morgan fingerprint density at radius 3 is 1.64 bits per heavy atom. The minimum atomic E-state index is -0.320. The molecule has 5 saturated carbocycles. The molecule has 6 aliphatic carbocycles. The van der Waals surface area contributed by atoms with E-state index in [1.165, 1.54) is 55.2 Å². The fourth-order valence-electron chi connectivity index (χ4n) is 12.4. The van der Waals surface area contributed by atoms with Gasteiger partial charge in [-0.3, -0.25) is 0 Å². The Balaban J connectivity index is 1.37. The maximum Gasteiger partial charge on any atom is 0.123 e. The lowest BCUT2D eigenvalue weighted by Gasteiger charge is -2.52. The number of fused-ring (bicyclic) bond motifs is 13. The zero-order chi connectivity index (χ0) is 23.3. The average molecular weight is 471 g/mol. The summed E-state index contributed by atoms with van der Waals surface area (Å²) in [5, 5.41) is 0. The third-order valence-electron chi connectivity index (χ3n) is 12.8. The lowest BCUT2D eigenvalue weighted by atomic mass is 9.59. The van der Waals surface area contributed by atoms with Gasteiger partial charge in [-0.1, -0.05) is 84.9 Å². The van der Waals surface area contributed by atoms with E-state index in [9.17, 15) is 0 Å². The summed E-state index contributed by atoms with van der Waals surface area (Å²) >= 11 is 0. The monoisotopic (exact) mass is 470 g/mol. The topological polar surface area (TPSA) is 9.23 Å². The Hall–Kier alpha value is -2.38. The second kappa shape index (κ2) is 6.18. The first-order chi connectivity index (χ1) is 17.8. The predicted molar refractivity (Wildman–Crippen MR) is 140 cm³/mol. The highest BCUT2D eigenvalue weighted by Gasteiger charge is 2.90. The van der Waals surface area contributed by atoms with Gasteiger partial charge in [0, 0.05) is 17.3 Å². The van der Waals surface area contributed by atoms with Gasteiger partial charge in [0.05, 0.1) is 0 Å². The Morgan fingerprint density at radius 2 is 1.00 bits per heavy atom. The molecule has 1 saturated heterocycles. The minimum Gasteiger partial charge on any atom is -0.353 e. The van der Waals surface area contributed by atoms with Crippen molar-refractivity contribution < 1.29 is 4.74 Å². The highest BCUT2D eigenvalue weighted by molar-refractivity contribution is 5.62. The summed E-state index contributed by atoms with van der Waals surface area (Å²) in [6.07, 6.45) is 8.59. The molecule has 1 heteroatoms. The Bertz CT molecular complexity index is 1380. The molecule has 180 valence electrons. The second-order valence-corrected chi connectivity index (χ2v) is 13.5. The molecule has 6 fully saturated rings. The van der Waals surface area contributed by atoms with Crippen LogP contribution < -0.4 is 0 Å². The first-order valence-corrected chi connectivity index (χ1v) is 14.7. The number of hydrogen-bond acceptors (Lipinski definition) is 1. The zero-order valence-corrected chi connectivity index (χ0v) is 20.9. The fourth-order valence-corrected chi connectivity index (χ4v) is 12.4. The van der Waals surface area contributed by atoms with E-state index in [1.54, 1.807) is 5.56 Å². The molecule has 0 N–H and O–H groups in total. The van der Waals surface area contributed by atoms with Crippen LogP contribution >= 0.6 is 0 Å². The molecule has 1 nitrogen and oxygen atoms in total. The van der Waals surface area contributed by atoms with E-state index in [0.29, 0.717) is 11.8 Å². The zero-order valence-electron chi connectivity index (χ0n) is 20.9. The lowest BCUT2D eigenvalue weighted by molar-refractivity contribution is -0.162. The van der Waals surface area contributed by atoms with Crippen molar-refractivity contribution in [3.63, 3.8) is 0 Å². The molecular formula is C35H34O. The van der Waals surface area contributed by atoms with Crippen LogP contribution in [0.25, 0.3) is 0 Å². The molecule has 0 aromatic heterocycles. The number of benzene rings is 3. The highest BCUT2D eigenvalue weighted by atomic mass is 16.5. The maximum absolute atomic E-state index is 8.16. The molecule has 1 aliphatic heterocycles. The molecule has 3 aromatic rings. The van der Waals surface area contributed by atoms with Gasteiger partial charge in [-0.25, -0.2) is 0 Å². The first-order valence-electron chi connectivity index (χ1n) is 14.7. The van der Waals surface area contributed by atoms with Gasteiger partial charge in [0.15, 0.2) is 0 Å².